The number of amides is 3. The van der Waals surface area contributed by atoms with Gasteiger partial charge in [-0.25, -0.2) is 4.79 Å². The second kappa shape index (κ2) is 23.1. The molecule has 0 aliphatic carbocycles. The zero-order valence-corrected chi connectivity index (χ0v) is 32.2. The van der Waals surface area contributed by atoms with Gasteiger partial charge >= 0.3 is 5.97 Å². The molecule has 4 N–H and O–H groups in total. The summed E-state index contributed by atoms with van der Waals surface area (Å²) in [4.78, 5) is 64.9. The summed E-state index contributed by atoms with van der Waals surface area (Å²) in [6.07, 6.45) is 6.64. The minimum absolute atomic E-state index is 0.0465. The van der Waals surface area contributed by atoms with Crippen molar-refractivity contribution in [3.05, 3.63) is 0 Å². The summed E-state index contributed by atoms with van der Waals surface area (Å²) in [5.41, 5.74) is -1.43. The van der Waals surface area contributed by atoms with Gasteiger partial charge in [0.2, 0.25) is 17.7 Å². The second-order valence-electron chi connectivity index (χ2n) is 14.8. The Balaban J connectivity index is 5.07. The first kappa shape index (κ1) is 45.6. The number of Topliss-reactive ketones (excluding diaryl/α,β-unsaturated/α-hetero) is 1. The van der Waals surface area contributed by atoms with Crippen LogP contribution in [0, 0.1) is 5.41 Å². The van der Waals surface area contributed by atoms with E-state index < -0.39 is 40.8 Å². The van der Waals surface area contributed by atoms with Crippen molar-refractivity contribution >= 4 is 55.3 Å². The number of hydrogen-bond acceptors (Lipinski definition) is 10. The van der Waals surface area contributed by atoms with Gasteiger partial charge < -0.3 is 35.7 Å². The Kier molecular flexibility index (Phi) is 21.9. The molecule has 0 saturated heterocycles. The minimum atomic E-state index is -1.13. The molecule has 0 spiro atoms. The number of carbonyl (C=O) groups is 5. The molecule has 0 rings (SSSR count). The maximum Gasteiger partial charge on any atom is 0.329 e. The molecule has 14 heteroatoms. The molecule has 3 atom stereocenters. The van der Waals surface area contributed by atoms with Gasteiger partial charge in [-0.05, 0) is 86.1 Å². The average molecular weight is 698 g/mol. The molecular formula is C34H64BN5O7S. The Morgan fingerprint density at radius 1 is 0.917 bits per heavy atom. The monoisotopic (exact) mass is 697 g/mol. The van der Waals surface area contributed by atoms with Gasteiger partial charge in [-0.1, -0.05) is 33.6 Å². The van der Waals surface area contributed by atoms with Crippen LogP contribution in [0.1, 0.15) is 113 Å². The van der Waals surface area contributed by atoms with Gasteiger partial charge in [0.25, 0.3) is 0 Å². The van der Waals surface area contributed by atoms with Gasteiger partial charge in [0.1, 0.15) is 25.5 Å². The van der Waals surface area contributed by atoms with Crippen LogP contribution in [0.2, 0.25) is 0 Å². The van der Waals surface area contributed by atoms with Crippen LogP contribution in [0.25, 0.3) is 0 Å². The van der Waals surface area contributed by atoms with Gasteiger partial charge in [-0.2, -0.15) is 11.8 Å². The molecule has 0 aliphatic heterocycles. The third-order valence-electron chi connectivity index (χ3n) is 7.23. The number of nitrogens with one attached hydrogen (secondary N) is 4. The summed E-state index contributed by atoms with van der Waals surface area (Å²) in [5.74, 6) is -1.11. The topological polar surface area (TPSA) is 167 Å². The van der Waals surface area contributed by atoms with E-state index >= 15 is 0 Å². The van der Waals surface area contributed by atoms with Crippen LogP contribution in [0.5, 0.6) is 0 Å². The van der Waals surface area contributed by atoms with Gasteiger partial charge in [0, 0.05) is 36.2 Å². The molecule has 48 heavy (non-hydrogen) atoms. The molecule has 0 heterocycles. The standard InChI is InChI=1S/C34H64BN5O7S/c1-10-11-14-21-48-33(5,6)18-20-46-34(7,35)22-28(42)37-19-13-12-15-26(38-29(43)24-40(8)9)30(44)39-27(17-16-25(41)23-36)31(45)47-32(2,3)4/h23,26-27,36H,10-22,24,35H2,1-9H3,(H,37,42)(H,38,43)(H,39,44). The van der Waals surface area contributed by atoms with Crippen LogP contribution >= 0.6 is 11.8 Å². The quantitative estimate of drug-likeness (QED) is 0.0460. The molecule has 3 amide bonds. The zero-order valence-electron chi connectivity index (χ0n) is 31.3. The highest BCUT2D eigenvalue weighted by Crippen LogP contribution is 2.29. The molecule has 0 bridgehead atoms. The number of ether oxygens (including phenoxy) is 2. The first-order valence-corrected chi connectivity index (χ1v) is 18.2. The first-order valence-electron chi connectivity index (χ1n) is 17.3. The lowest BCUT2D eigenvalue weighted by Crippen LogP contribution is -2.53. The molecule has 276 valence electrons. The first-order chi connectivity index (χ1) is 22.2. The SMILES string of the molecule is BC(C)(CC(=O)NCCCCC(NC(=O)CN(C)C)C(=O)NC(CCC(=O)C=N)C(=O)OC(C)(C)C)OCCC(C)(C)SCCCCC. The fourth-order valence-corrected chi connectivity index (χ4v) is 5.72. The molecule has 0 aromatic rings. The average Bonchev–Trinajstić information content (AvgIpc) is 2.94. The van der Waals surface area contributed by atoms with E-state index in [1.807, 2.05) is 26.5 Å². The largest absolute Gasteiger partial charge is 0.458 e. The summed E-state index contributed by atoms with van der Waals surface area (Å²) in [7, 11) is 5.38. The van der Waals surface area contributed by atoms with E-state index in [2.05, 4.69) is 36.7 Å². The van der Waals surface area contributed by atoms with Crippen LogP contribution in [-0.2, 0) is 33.4 Å². The summed E-state index contributed by atoms with van der Waals surface area (Å²) in [6.45, 7) is 14.7. The lowest BCUT2D eigenvalue weighted by molar-refractivity contribution is -0.159. The van der Waals surface area contributed by atoms with E-state index in [0.29, 0.717) is 32.2 Å². The van der Waals surface area contributed by atoms with Crippen molar-refractivity contribution in [2.45, 2.75) is 141 Å². The third kappa shape index (κ3) is 23.8. The number of ketones is 1. The Labute approximate surface area is 294 Å². The van der Waals surface area contributed by atoms with Gasteiger partial charge in [0.05, 0.1) is 12.8 Å². The lowest BCUT2D eigenvalue weighted by Gasteiger charge is -2.29. The molecule has 0 fully saturated rings. The van der Waals surface area contributed by atoms with E-state index in [9.17, 15) is 24.0 Å². The Morgan fingerprint density at radius 2 is 1.58 bits per heavy atom. The summed E-state index contributed by atoms with van der Waals surface area (Å²) in [5, 5.41) is 15.5. The number of likely N-dealkylation sites (N-methyl/N-ethyl adjacent to an activating group) is 1. The number of hydrogen-bond donors (Lipinski definition) is 4. The molecule has 0 aromatic carbocycles. The number of esters is 1. The van der Waals surface area contributed by atoms with E-state index in [0.717, 1.165) is 12.2 Å². The third-order valence-corrected chi connectivity index (χ3v) is 8.70. The van der Waals surface area contributed by atoms with Crippen molar-refractivity contribution in [1.82, 2.24) is 20.9 Å². The van der Waals surface area contributed by atoms with Crippen molar-refractivity contribution in [3.63, 3.8) is 0 Å². The van der Waals surface area contributed by atoms with E-state index in [1.54, 1.807) is 39.8 Å². The van der Waals surface area contributed by atoms with Crippen molar-refractivity contribution < 1.29 is 33.4 Å². The smallest absolute Gasteiger partial charge is 0.329 e. The number of thioether (sulfide) groups is 1. The maximum atomic E-state index is 13.4. The van der Waals surface area contributed by atoms with Crippen molar-refractivity contribution in [2.75, 3.05) is 39.5 Å². The number of nitrogens with zero attached hydrogens (tertiary/aromatic N) is 1. The van der Waals surface area contributed by atoms with Crippen molar-refractivity contribution in [1.29, 1.82) is 5.41 Å². The molecule has 0 saturated carbocycles. The molecule has 0 aliphatic rings. The van der Waals surface area contributed by atoms with Gasteiger partial charge in [0.15, 0.2) is 5.78 Å². The van der Waals surface area contributed by atoms with Crippen LogP contribution < -0.4 is 16.0 Å². The van der Waals surface area contributed by atoms with Crippen molar-refractivity contribution in [3.8, 4) is 0 Å². The Bertz CT molecular complexity index is 1030. The highest BCUT2D eigenvalue weighted by Gasteiger charge is 2.30. The van der Waals surface area contributed by atoms with Gasteiger partial charge in [-0.15, -0.1) is 0 Å². The van der Waals surface area contributed by atoms with Crippen molar-refractivity contribution in [2.24, 2.45) is 0 Å². The predicted octanol–water partition coefficient (Wildman–Crippen LogP) is 2.99. The van der Waals surface area contributed by atoms with E-state index in [1.165, 1.54) is 19.3 Å². The zero-order chi connectivity index (χ0) is 37.0. The molecule has 3 unspecified atom stereocenters. The molecular weight excluding hydrogens is 633 g/mol. The highest BCUT2D eigenvalue weighted by atomic mass is 32.2. The van der Waals surface area contributed by atoms with Crippen LogP contribution in [0.3, 0.4) is 0 Å². The summed E-state index contributed by atoms with van der Waals surface area (Å²) >= 11 is 1.97. The predicted molar refractivity (Wildman–Crippen MR) is 196 cm³/mol. The maximum absolute atomic E-state index is 13.4. The van der Waals surface area contributed by atoms with Crippen LogP contribution in [0.15, 0.2) is 0 Å². The fraction of sp³-hybridized carbons (Fsp3) is 0.824. The second-order valence-corrected chi connectivity index (χ2v) is 16.6. The number of rotatable bonds is 26. The molecule has 12 nitrogen and oxygen atoms in total. The van der Waals surface area contributed by atoms with Crippen LogP contribution in [-0.4, -0.2) is 116 Å². The number of unbranched alkanes of at least 4 members (excludes halogenated alkanes) is 3. The Morgan fingerprint density at radius 3 is 2.17 bits per heavy atom. The molecule has 0 radical (unpaired) electrons. The summed E-state index contributed by atoms with van der Waals surface area (Å²) in [6, 6.07) is -2.08. The number of carbonyl (C=O) groups excluding carboxylic acids is 5. The highest BCUT2D eigenvalue weighted by molar-refractivity contribution is 8.00. The van der Waals surface area contributed by atoms with E-state index in [-0.39, 0.29) is 48.8 Å². The summed E-state index contributed by atoms with van der Waals surface area (Å²) < 4.78 is 11.7. The molecule has 0 aromatic heterocycles. The minimum Gasteiger partial charge on any atom is -0.458 e. The normalized spacial score (nSPS) is 14.4. The van der Waals surface area contributed by atoms with Gasteiger partial charge in [-0.3, -0.25) is 19.2 Å². The van der Waals surface area contributed by atoms with E-state index in [4.69, 9.17) is 14.9 Å². The fourth-order valence-electron chi connectivity index (χ4n) is 4.60. The Hall–Kier alpha value is -2.45. The van der Waals surface area contributed by atoms with Crippen LogP contribution in [0.4, 0.5) is 0 Å². The lowest BCUT2D eigenvalue weighted by atomic mass is 9.80.